The monoisotopic (exact) mass is 376 g/mol. The number of carbonyl (C=O) groups excluding carboxylic acids is 1. The zero-order valence-electron chi connectivity index (χ0n) is 15.2. The number of nitrogens with one attached hydrogen (secondary N) is 1. The molecule has 140 valence electrons. The molecule has 0 fully saturated rings. The van der Waals surface area contributed by atoms with E-state index in [1.165, 1.54) is 7.11 Å². The topological polar surface area (TPSA) is 75.7 Å². The Kier molecular flexibility index (Phi) is 6.63. The molecule has 0 radical (unpaired) electrons. The van der Waals surface area contributed by atoms with Gasteiger partial charge in [0.25, 0.3) is 10.0 Å². The minimum absolute atomic E-state index is 0.0344. The molecule has 0 aliphatic rings. The van der Waals surface area contributed by atoms with Gasteiger partial charge in [0.1, 0.15) is 17.2 Å². The van der Waals surface area contributed by atoms with Crippen molar-refractivity contribution in [1.82, 2.24) is 5.32 Å². The van der Waals surface area contributed by atoms with Crippen molar-refractivity contribution in [2.24, 2.45) is 0 Å². The SMILES string of the molecule is CCCNC(=O)CN(c1ccccc1)S(=O)(=O)c1cc(C)ccc1OC. The zero-order chi connectivity index (χ0) is 19.2. The fourth-order valence-electron chi connectivity index (χ4n) is 2.46. The molecular weight excluding hydrogens is 352 g/mol. The van der Waals surface area contributed by atoms with E-state index in [0.29, 0.717) is 12.2 Å². The molecule has 7 heteroatoms. The Morgan fingerprint density at radius 1 is 1.15 bits per heavy atom. The number of methoxy groups -OCH3 is 1. The summed E-state index contributed by atoms with van der Waals surface area (Å²) in [4.78, 5) is 12.3. The second kappa shape index (κ2) is 8.71. The van der Waals surface area contributed by atoms with Gasteiger partial charge < -0.3 is 10.1 Å². The smallest absolute Gasteiger partial charge is 0.268 e. The maximum Gasteiger partial charge on any atom is 0.268 e. The lowest BCUT2D eigenvalue weighted by Crippen LogP contribution is -2.41. The Bertz CT molecular complexity index is 851. The molecular formula is C19H24N2O4S. The molecule has 0 atom stereocenters. The van der Waals surface area contributed by atoms with Crippen molar-refractivity contribution in [1.29, 1.82) is 0 Å². The number of ether oxygens (including phenoxy) is 1. The lowest BCUT2D eigenvalue weighted by atomic mass is 10.2. The fraction of sp³-hybridized carbons (Fsp3) is 0.316. The van der Waals surface area contributed by atoms with Gasteiger partial charge >= 0.3 is 0 Å². The van der Waals surface area contributed by atoms with Gasteiger partial charge in [0, 0.05) is 6.54 Å². The summed E-state index contributed by atoms with van der Waals surface area (Å²) in [6.07, 6.45) is 0.773. The van der Waals surface area contributed by atoms with Crippen molar-refractivity contribution in [2.45, 2.75) is 25.2 Å². The molecule has 0 aromatic heterocycles. The summed E-state index contributed by atoms with van der Waals surface area (Å²) in [6, 6.07) is 13.5. The van der Waals surface area contributed by atoms with Crippen LogP contribution in [0.4, 0.5) is 5.69 Å². The first-order valence-electron chi connectivity index (χ1n) is 8.39. The second-order valence-corrected chi connectivity index (χ2v) is 7.68. The van der Waals surface area contributed by atoms with E-state index in [4.69, 9.17) is 4.74 Å². The number of nitrogens with zero attached hydrogens (tertiary/aromatic N) is 1. The Hall–Kier alpha value is -2.54. The quantitative estimate of drug-likeness (QED) is 0.769. The summed E-state index contributed by atoms with van der Waals surface area (Å²) >= 11 is 0. The molecule has 0 unspecified atom stereocenters. The number of anilines is 1. The van der Waals surface area contributed by atoms with E-state index in [-0.39, 0.29) is 23.1 Å². The van der Waals surface area contributed by atoms with Crippen molar-refractivity contribution in [3.05, 3.63) is 54.1 Å². The van der Waals surface area contributed by atoms with Gasteiger partial charge in [0.05, 0.1) is 12.8 Å². The molecule has 0 aliphatic carbocycles. The highest BCUT2D eigenvalue weighted by Crippen LogP contribution is 2.30. The van der Waals surface area contributed by atoms with E-state index in [2.05, 4.69) is 5.32 Å². The van der Waals surface area contributed by atoms with Gasteiger partial charge in [-0.2, -0.15) is 0 Å². The average molecular weight is 376 g/mol. The van der Waals surface area contributed by atoms with E-state index in [1.54, 1.807) is 55.5 Å². The zero-order valence-corrected chi connectivity index (χ0v) is 16.0. The number of sulfonamides is 1. The predicted molar refractivity (Wildman–Crippen MR) is 102 cm³/mol. The summed E-state index contributed by atoms with van der Waals surface area (Å²) in [5, 5.41) is 2.72. The normalized spacial score (nSPS) is 11.0. The number of rotatable bonds is 8. The maximum absolute atomic E-state index is 13.3. The molecule has 2 aromatic rings. The Morgan fingerprint density at radius 2 is 1.85 bits per heavy atom. The minimum Gasteiger partial charge on any atom is -0.495 e. The van der Waals surface area contributed by atoms with Gasteiger partial charge in [-0.15, -0.1) is 0 Å². The van der Waals surface area contributed by atoms with Crippen molar-refractivity contribution >= 4 is 21.6 Å². The van der Waals surface area contributed by atoms with E-state index in [0.717, 1.165) is 16.3 Å². The molecule has 1 N–H and O–H groups in total. The van der Waals surface area contributed by atoms with Crippen molar-refractivity contribution in [3.63, 3.8) is 0 Å². The molecule has 0 heterocycles. The van der Waals surface area contributed by atoms with Crippen LogP contribution in [0, 0.1) is 6.92 Å². The van der Waals surface area contributed by atoms with Crippen LogP contribution >= 0.6 is 0 Å². The average Bonchev–Trinajstić information content (AvgIpc) is 2.65. The highest BCUT2D eigenvalue weighted by atomic mass is 32.2. The van der Waals surface area contributed by atoms with Crippen LogP contribution in [0.3, 0.4) is 0 Å². The van der Waals surface area contributed by atoms with Gasteiger partial charge in [0.15, 0.2) is 0 Å². The summed E-state index contributed by atoms with van der Waals surface area (Å²) in [6.45, 7) is 3.93. The molecule has 0 bridgehead atoms. The van der Waals surface area contributed by atoms with Crippen LogP contribution in [0.1, 0.15) is 18.9 Å². The number of benzene rings is 2. The number of hydrogen-bond donors (Lipinski definition) is 1. The van der Waals surface area contributed by atoms with Gasteiger partial charge in [-0.1, -0.05) is 31.2 Å². The Morgan fingerprint density at radius 3 is 2.46 bits per heavy atom. The van der Waals surface area contributed by atoms with Crippen LogP contribution in [0.15, 0.2) is 53.4 Å². The first-order valence-corrected chi connectivity index (χ1v) is 9.83. The van der Waals surface area contributed by atoms with Crippen LogP contribution < -0.4 is 14.4 Å². The number of para-hydroxylation sites is 1. The third-order valence-corrected chi connectivity index (χ3v) is 5.59. The largest absolute Gasteiger partial charge is 0.495 e. The van der Waals surface area contributed by atoms with E-state index in [9.17, 15) is 13.2 Å². The third kappa shape index (κ3) is 4.54. The van der Waals surface area contributed by atoms with Crippen LogP contribution in [0.25, 0.3) is 0 Å². The second-order valence-electron chi connectivity index (χ2n) is 5.85. The van der Waals surface area contributed by atoms with Gasteiger partial charge in [0.2, 0.25) is 5.91 Å². The number of amides is 1. The molecule has 2 rings (SSSR count). The van der Waals surface area contributed by atoms with E-state index in [1.807, 2.05) is 6.92 Å². The van der Waals surface area contributed by atoms with Crippen LogP contribution in [0.2, 0.25) is 0 Å². The summed E-state index contributed by atoms with van der Waals surface area (Å²) in [7, 11) is -2.57. The molecule has 0 spiro atoms. The molecule has 1 amide bonds. The maximum atomic E-state index is 13.3. The number of hydrogen-bond acceptors (Lipinski definition) is 4. The molecule has 0 aliphatic heterocycles. The summed E-state index contributed by atoms with van der Waals surface area (Å²) in [5.41, 5.74) is 1.20. The molecule has 2 aromatic carbocycles. The standard InChI is InChI=1S/C19H24N2O4S/c1-4-12-20-19(22)14-21(16-8-6-5-7-9-16)26(23,24)18-13-15(2)10-11-17(18)25-3/h5-11,13H,4,12,14H2,1-3H3,(H,20,22). The number of carbonyl (C=O) groups is 1. The summed E-state index contributed by atoms with van der Waals surface area (Å²) < 4.78 is 33.0. The van der Waals surface area contributed by atoms with Gasteiger partial charge in [-0.3, -0.25) is 9.10 Å². The number of aryl methyl sites for hydroxylation is 1. The lowest BCUT2D eigenvalue weighted by molar-refractivity contribution is -0.119. The van der Waals surface area contributed by atoms with Crippen LogP contribution in [-0.2, 0) is 14.8 Å². The third-order valence-electron chi connectivity index (χ3n) is 3.79. The summed E-state index contributed by atoms with van der Waals surface area (Å²) in [5.74, 6) is -0.114. The van der Waals surface area contributed by atoms with Crippen LogP contribution in [-0.4, -0.2) is 34.5 Å². The van der Waals surface area contributed by atoms with Gasteiger partial charge in [-0.25, -0.2) is 8.42 Å². The minimum atomic E-state index is -3.99. The van der Waals surface area contributed by atoms with Crippen molar-refractivity contribution in [2.75, 3.05) is 24.5 Å². The highest BCUT2D eigenvalue weighted by molar-refractivity contribution is 7.93. The van der Waals surface area contributed by atoms with E-state index >= 15 is 0 Å². The molecule has 26 heavy (non-hydrogen) atoms. The van der Waals surface area contributed by atoms with Crippen molar-refractivity contribution < 1.29 is 17.9 Å². The van der Waals surface area contributed by atoms with Gasteiger partial charge in [-0.05, 0) is 43.2 Å². The lowest BCUT2D eigenvalue weighted by Gasteiger charge is -2.25. The first-order chi connectivity index (χ1) is 12.4. The molecule has 0 saturated carbocycles. The highest BCUT2D eigenvalue weighted by Gasteiger charge is 2.30. The molecule has 0 saturated heterocycles. The molecule has 6 nitrogen and oxygen atoms in total. The Labute approximate surface area is 154 Å². The predicted octanol–water partition coefficient (Wildman–Crippen LogP) is 2.73. The van der Waals surface area contributed by atoms with Crippen LogP contribution in [0.5, 0.6) is 5.75 Å². The van der Waals surface area contributed by atoms with E-state index < -0.39 is 10.0 Å². The van der Waals surface area contributed by atoms with Crippen molar-refractivity contribution in [3.8, 4) is 5.75 Å². The fourth-order valence-corrected chi connectivity index (χ4v) is 4.13. The first kappa shape index (κ1) is 19.8. The Balaban J connectivity index is 2.50.